The van der Waals surface area contributed by atoms with Gasteiger partial charge in [0.1, 0.15) is 5.82 Å². The molecule has 110 valence electrons. The van der Waals surface area contributed by atoms with E-state index in [-0.39, 0.29) is 37.0 Å². The van der Waals surface area contributed by atoms with Crippen LogP contribution in [0.4, 0.5) is 10.1 Å². The molecule has 0 spiro atoms. The molecule has 2 unspecified atom stereocenters. The number of nitrogens with zero attached hydrogens (tertiary/aromatic N) is 1. The van der Waals surface area contributed by atoms with Crippen LogP contribution in [0.5, 0.6) is 0 Å². The zero-order valence-corrected chi connectivity index (χ0v) is 11.4. The molecule has 2 N–H and O–H groups in total. The van der Waals surface area contributed by atoms with Gasteiger partial charge < -0.3 is 15.2 Å². The van der Waals surface area contributed by atoms with Crippen molar-refractivity contribution >= 4 is 11.6 Å². The van der Waals surface area contributed by atoms with Crippen LogP contribution in [-0.2, 0) is 9.53 Å². The molecule has 2 atom stereocenters. The molecule has 1 aromatic rings. The van der Waals surface area contributed by atoms with Crippen molar-refractivity contribution in [2.45, 2.75) is 19.1 Å². The summed E-state index contributed by atoms with van der Waals surface area (Å²) in [5.74, 6) is -0.502. The molecular formula is C14H19FN2O3. The van der Waals surface area contributed by atoms with Gasteiger partial charge in [-0.15, -0.1) is 0 Å². The van der Waals surface area contributed by atoms with E-state index in [1.807, 2.05) is 11.8 Å². The normalized spacial score (nSPS) is 23.6. The third-order valence-electron chi connectivity index (χ3n) is 3.31. The molecule has 0 bridgehead atoms. The summed E-state index contributed by atoms with van der Waals surface area (Å²) in [4.78, 5) is 13.9. The van der Waals surface area contributed by atoms with Gasteiger partial charge in [-0.1, -0.05) is 0 Å². The van der Waals surface area contributed by atoms with Crippen LogP contribution in [-0.4, -0.2) is 54.4 Å². The topological polar surface area (TPSA) is 61.8 Å². The highest BCUT2D eigenvalue weighted by Gasteiger charge is 2.26. The number of carbonyl (C=O) groups is 1. The van der Waals surface area contributed by atoms with Crippen molar-refractivity contribution < 1.29 is 19.0 Å². The number of ether oxygens (including phenoxy) is 1. The van der Waals surface area contributed by atoms with E-state index in [4.69, 9.17) is 9.84 Å². The van der Waals surface area contributed by atoms with E-state index in [0.29, 0.717) is 18.8 Å². The average molecular weight is 282 g/mol. The predicted octanol–water partition coefficient (Wildman–Crippen LogP) is 0.846. The van der Waals surface area contributed by atoms with E-state index < -0.39 is 0 Å². The number of carbonyl (C=O) groups excluding carboxylic acids is 1. The monoisotopic (exact) mass is 282 g/mol. The Balaban J connectivity index is 1.88. The molecule has 0 aromatic heterocycles. The summed E-state index contributed by atoms with van der Waals surface area (Å²) in [6.45, 7) is 3.16. The van der Waals surface area contributed by atoms with Crippen molar-refractivity contribution in [3.63, 3.8) is 0 Å². The largest absolute Gasteiger partial charge is 0.394 e. The molecule has 2 rings (SSSR count). The van der Waals surface area contributed by atoms with Crippen molar-refractivity contribution in [1.82, 2.24) is 4.90 Å². The van der Waals surface area contributed by atoms with E-state index in [0.717, 1.165) is 0 Å². The second kappa shape index (κ2) is 6.78. The lowest BCUT2D eigenvalue weighted by molar-refractivity contribution is -0.122. The molecule has 0 saturated carbocycles. The van der Waals surface area contributed by atoms with Crippen molar-refractivity contribution in [3.05, 3.63) is 30.1 Å². The van der Waals surface area contributed by atoms with Gasteiger partial charge in [-0.3, -0.25) is 9.69 Å². The van der Waals surface area contributed by atoms with Gasteiger partial charge in [0, 0.05) is 18.3 Å². The molecule has 20 heavy (non-hydrogen) atoms. The first kappa shape index (κ1) is 14.9. The summed E-state index contributed by atoms with van der Waals surface area (Å²) in [6.07, 6.45) is -0.246. The lowest BCUT2D eigenvalue weighted by Gasteiger charge is -2.36. The predicted molar refractivity (Wildman–Crippen MR) is 72.9 cm³/mol. The summed E-state index contributed by atoms with van der Waals surface area (Å²) in [5, 5.41) is 11.8. The van der Waals surface area contributed by atoms with Gasteiger partial charge in [0.2, 0.25) is 5.91 Å². The summed E-state index contributed by atoms with van der Waals surface area (Å²) >= 11 is 0. The summed E-state index contributed by atoms with van der Waals surface area (Å²) in [5.41, 5.74) is 0.566. The fourth-order valence-corrected chi connectivity index (χ4v) is 2.12. The van der Waals surface area contributed by atoms with Crippen LogP contribution in [0.15, 0.2) is 24.3 Å². The molecule has 1 saturated heterocycles. The minimum atomic E-state index is -0.337. The first-order valence-electron chi connectivity index (χ1n) is 6.60. The van der Waals surface area contributed by atoms with Crippen molar-refractivity contribution in [2.24, 2.45) is 0 Å². The first-order valence-corrected chi connectivity index (χ1v) is 6.60. The van der Waals surface area contributed by atoms with Gasteiger partial charge in [0.05, 0.1) is 25.9 Å². The summed E-state index contributed by atoms with van der Waals surface area (Å²) in [6, 6.07) is 5.76. The highest BCUT2D eigenvalue weighted by Crippen LogP contribution is 2.12. The fourth-order valence-electron chi connectivity index (χ4n) is 2.12. The van der Waals surface area contributed by atoms with Crippen LogP contribution < -0.4 is 5.32 Å². The lowest BCUT2D eigenvalue weighted by atomic mass is 10.2. The average Bonchev–Trinajstić information content (AvgIpc) is 2.44. The zero-order chi connectivity index (χ0) is 14.5. The molecule has 5 nitrogen and oxygen atoms in total. The van der Waals surface area contributed by atoms with Gasteiger partial charge in [-0.05, 0) is 31.2 Å². The number of rotatable bonds is 4. The number of halogens is 1. The van der Waals surface area contributed by atoms with E-state index in [9.17, 15) is 9.18 Å². The number of hydrogen-bond donors (Lipinski definition) is 2. The summed E-state index contributed by atoms with van der Waals surface area (Å²) < 4.78 is 18.2. The fraction of sp³-hybridized carbons (Fsp3) is 0.500. The van der Waals surface area contributed by atoms with E-state index in [2.05, 4.69) is 5.32 Å². The number of nitrogens with one attached hydrogen (secondary N) is 1. The molecular weight excluding hydrogens is 263 g/mol. The maximum Gasteiger partial charge on any atom is 0.238 e. The molecule has 6 heteroatoms. The number of benzene rings is 1. The Labute approximate surface area is 117 Å². The van der Waals surface area contributed by atoms with Crippen molar-refractivity contribution in [2.75, 3.05) is 31.6 Å². The Morgan fingerprint density at radius 2 is 2.20 bits per heavy atom. The Bertz CT molecular complexity index is 452. The SMILES string of the molecule is CC1COC(CO)CN1CC(=O)Nc1ccc(F)cc1. The Morgan fingerprint density at radius 3 is 2.85 bits per heavy atom. The smallest absolute Gasteiger partial charge is 0.238 e. The van der Waals surface area contributed by atoms with Crippen molar-refractivity contribution in [3.8, 4) is 0 Å². The molecule has 0 radical (unpaired) electrons. The quantitative estimate of drug-likeness (QED) is 0.859. The molecule has 1 aliphatic heterocycles. The van der Waals surface area contributed by atoms with Crippen LogP contribution >= 0.6 is 0 Å². The maximum atomic E-state index is 12.8. The summed E-state index contributed by atoms with van der Waals surface area (Å²) in [7, 11) is 0. The Hall–Kier alpha value is -1.50. The second-order valence-electron chi connectivity index (χ2n) is 4.97. The van der Waals surface area contributed by atoms with Gasteiger partial charge in [-0.2, -0.15) is 0 Å². The number of hydrogen-bond acceptors (Lipinski definition) is 4. The number of aliphatic hydroxyl groups excluding tert-OH is 1. The zero-order valence-electron chi connectivity index (χ0n) is 11.4. The molecule has 1 aromatic carbocycles. The van der Waals surface area contributed by atoms with Gasteiger partial charge in [0.25, 0.3) is 0 Å². The first-order chi connectivity index (χ1) is 9.58. The van der Waals surface area contributed by atoms with E-state index >= 15 is 0 Å². The van der Waals surface area contributed by atoms with E-state index in [1.54, 1.807) is 0 Å². The highest BCUT2D eigenvalue weighted by atomic mass is 19.1. The van der Waals surface area contributed by atoms with Crippen LogP contribution in [0.2, 0.25) is 0 Å². The third kappa shape index (κ3) is 4.00. The van der Waals surface area contributed by atoms with Gasteiger partial charge in [0.15, 0.2) is 0 Å². The van der Waals surface area contributed by atoms with Gasteiger partial charge >= 0.3 is 0 Å². The highest BCUT2D eigenvalue weighted by molar-refractivity contribution is 5.92. The minimum Gasteiger partial charge on any atom is -0.394 e. The lowest BCUT2D eigenvalue weighted by Crippen LogP contribution is -2.51. The number of morpholine rings is 1. The maximum absolute atomic E-state index is 12.8. The minimum absolute atomic E-state index is 0.0528. The Morgan fingerprint density at radius 1 is 1.50 bits per heavy atom. The molecule has 1 heterocycles. The van der Waals surface area contributed by atoms with Gasteiger partial charge in [-0.25, -0.2) is 4.39 Å². The van der Waals surface area contributed by atoms with Crippen molar-refractivity contribution in [1.29, 1.82) is 0 Å². The van der Waals surface area contributed by atoms with Crippen LogP contribution in [0.3, 0.4) is 0 Å². The molecule has 1 aliphatic rings. The second-order valence-corrected chi connectivity index (χ2v) is 4.97. The van der Waals surface area contributed by atoms with E-state index in [1.165, 1.54) is 24.3 Å². The number of anilines is 1. The van der Waals surface area contributed by atoms with Crippen LogP contribution in [0, 0.1) is 5.82 Å². The molecule has 0 aliphatic carbocycles. The molecule has 1 amide bonds. The van der Waals surface area contributed by atoms with Crippen LogP contribution in [0.1, 0.15) is 6.92 Å². The Kier molecular flexibility index (Phi) is 5.05. The standard InChI is InChI=1S/C14H19FN2O3/c1-10-9-20-13(8-18)6-17(10)7-14(19)16-12-4-2-11(15)3-5-12/h2-5,10,13,18H,6-9H2,1H3,(H,16,19). The molecule has 1 fully saturated rings. The number of aliphatic hydroxyl groups is 1. The number of amides is 1. The van der Waals surface area contributed by atoms with Crippen LogP contribution in [0.25, 0.3) is 0 Å². The third-order valence-corrected chi connectivity index (χ3v) is 3.31.